The van der Waals surface area contributed by atoms with E-state index in [-0.39, 0.29) is 6.54 Å². The van der Waals surface area contributed by atoms with Crippen LogP contribution in [0.2, 0.25) is 0 Å². The molecule has 0 radical (unpaired) electrons. The minimum atomic E-state index is -1.15. The van der Waals surface area contributed by atoms with Crippen LogP contribution in [-0.4, -0.2) is 27.0 Å². The molecule has 6 nitrogen and oxygen atoms in total. The molecule has 0 aliphatic heterocycles. The van der Waals surface area contributed by atoms with Crippen LogP contribution in [0.3, 0.4) is 0 Å². The zero-order chi connectivity index (χ0) is 10.4. The summed E-state index contributed by atoms with van der Waals surface area (Å²) >= 11 is 0. The molecule has 2 N–H and O–H groups in total. The van der Waals surface area contributed by atoms with Crippen molar-refractivity contribution in [3.63, 3.8) is 0 Å². The van der Waals surface area contributed by atoms with Gasteiger partial charge in [-0.15, -0.1) is 0 Å². The van der Waals surface area contributed by atoms with Crippen LogP contribution in [-0.2, 0) is 16.1 Å². The molecule has 14 heavy (non-hydrogen) atoms. The Morgan fingerprint density at radius 2 is 2.29 bits per heavy atom. The number of hydrogen-bond donors (Lipinski definition) is 2. The first-order valence-electron chi connectivity index (χ1n) is 3.92. The Morgan fingerprint density at radius 3 is 2.86 bits per heavy atom. The summed E-state index contributed by atoms with van der Waals surface area (Å²) in [6, 6.07) is 1.64. The summed E-state index contributed by atoms with van der Waals surface area (Å²) in [6.45, 7) is 0.217. The Morgan fingerprint density at radius 1 is 1.50 bits per heavy atom. The Bertz CT molecular complexity index is 326. The molecule has 0 fully saturated rings. The fraction of sp³-hybridized carbons (Fsp3) is 0.250. The number of nitrogens with zero attached hydrogens (tertiary/aromatic N) is 2. The third kappa shape index (κ3) is 3.61. The van der Waals surface area contributed by atoms with E-state index in [1.165, 1.54) is 6.33 Å². The fourth-order valence-corrected chi connectivity index (χ4v) is 0.812. The van der Waals surface area contributed by atoms with Gasteiger partial charge < -0.3 is 10.4 Å². The maximum absolute atomic E-state index is 10.9. The number of hydrogen-bond acceptors (Lipinski definition) is 4. The lowest BCUT2D eigenvalue weighted by atomic mass is 10.3. The molecule has 0 aromatic carbocycles. The number of carbonyl (C=O) groups is 2. The van der Waals surface area contributed by atoms with E-state index in [2.05, 4.69) is 15.3 Å². The standard InChI is InChI=1S/C8H9N3O3/c12-7(3-8(13)14)10-4-6-1-2-9-5-11-6/h1-2,5H,3-4H2,(H,10,12)(H,13,14). The van der Waals surface area contributed by atoms with Crippen molar-refractivity contribution in [1.29, 1.82) is 0 Å². The first-order valence-corrected chi connectivity index (χ1v) is 3.92. The van der Waals surface area contributed by atoms with Gasteiger partial charge in [0.05, 0.1) is 12.2 Å². The van der Waals surface area contributed by atoms with Crippen LogP contribution in [0.5, 0.6) is 0 Å². The molecule has 74 valence electrons. The molecule has 1 heterocycles. The van der Waals surface area contributed by atoms with E-state index in [0.717, 1.165) is 0 Å². The number of carboxylic acids is 1. The molecule has 0 saturated carbocycles. The predicted octanol–water partition coefficient (Wildman–Crippen LogP) is -0.433. The van der Waals surface area contributed by atoms with Gasteiger partial charge in [0, 0.05) is 6.20 Å². The number of carboxylic acid groups (broad SMARTS) is 1. The molecular weight excluding hydrogens is 186 g/mol. The summed E-state index contributed by atoms with van der Waals surface area (Å²) in [5.41, 5.74) is 0.638. The zero-order valence-electron chi connectivity index (χ0n) is 7.30. The van der Waals surface area contributed by atoms with Crippen molar-refractivity contribution in [2.45, 2.75) is 13.0 Å². The van der Waals surface area contributed by atoms with Crippen molar-refractivity contribution < 1.29 is 14.7 Å². The van der Waals surface area contributed by atoms with E-state index in [4.69, 9.17) is 5.11 Å². The Balaban J connectivity index is 2.34. The molecule has 0 bridgehead atoms. The molecule has 1 rings (SSSR count). The fourth-order valence-electron chi connectivity index (χ4n) is 0.812. The minimum absolute atomic E-state index is 0.217. The van der Waals surface area contributed by atoms with Crippen molar-refractivity contribution in [2.75, 3.05) is 0 Å². The summed E-state index contributed by atoms with van der Waals surface area (Å²) in [7, 11) is 0. The van der Waals surface area contributed by atoms with Crippen LogP contribution in [0, 0.1) is 0 Å². The average Bonchev–Trinajstić information content (AvgIpc) is 2.15. The van der Waals surface area contributed by atoms with E-state index >= 15 is 0 Å². The Kier molecular flexibility index (Phi) is 3.54. The van der Waals surface area contributed by atoms with Gasteiger partial charge in [0.2, 0.25) is 5.91 Å². The molecule has 0 spiro atoms. The van der Waals surface area contributed by atoms with Crippen molar-refractivity contribution in [3.8, 4) is 0 Å². The van der Waals surface area contributed by atoms with Gasteiger partial charge >= 0.3 is 5.97 Å². The van der Waals surface area contributed by atoms with Crippen LogP contribution in [0.25, 0.3) is 0 Å². The van der Waals surface area contributed by atoms with Crippen molar-refractivity contribution >= 4 is 11.9 Å². The largest absolute Gasteiger partial charge is 0.481 e. The van der Waals surface area contributed by atoms with Crippen LogP contribution in [0.15, 0.2) is 18.6 Å². The number of aliphatic carboxylic acids is 1. The maximum Gasteiger partial charge on any atom is 0.312 e. The molecule has 0 unspecified atom stereocenters. The number of nitrogens with one attached hydrogen (secondary N) is 1. The van der Waals surface area contributed by atoms with Crippen molar-refractivity contribution in [3.05, 3.63) is 24.3 Å². The monoisotopic (exact) mass is 195 g/mol. The van der Waals surface area contributed by atoms with E-state index in [1.807, 2.05) is 0 Å². The number of carbonyl (C=O) groups excluding carboxylic acids is 1. The zero-order valence-corrected chi connectivity index (χ0v) is 7.30. The third-order valence-corrected chi connectivity index (χ3v) is 1.42. The lowest BCUT2D eigenvalue weighted by Gasteiger charge is -2.01. The van der Waals surface area contributed by atoms with E-state index in [9.17, 15) is 9.59 Å². The molecule has 6 heteroatoms. The quantitative estimate of drug-likeness (QED) is 0.636. The first kappa shape index (κ1) is 10.1. The highest BCUT2D eigenvalue weighted by Crippen LogP contribution is 1.90. The number of amides is 1. The summed E-state index contributed by atoms with van der Waals surface area (Å²) in [6.07, 6.45) is 2.38. The van der Waals surface area contributed by atoms with Crippen LogP contribution in [0.4, 0.5) is 0 Å². The van der Waals surface area contributed by atoms with Crippen molar-refractivity contribution in [1.82, 2.24) is 15.3 Å². The summed E-state index contributed by atoms with van der Waals surface area (Å²) in [5.74, 6) is -1.68. The van der Waals surface area contributed by atoms with Gasteiger partial charge in [0.1, 0.15) is 12.7 Å². The lowest BCUT2D eigenvalue weighted by Crippen LogP contribution is -2.25. The van der Waals surface area contributed by atoms with Gasteiger partial charge in [0.15, 0.2) is 0 Å². The second kappa shape index (κ2) is 4.90. The highest BCUT2D eigenvalue weighted by molar-refractivity contribution is 5.93. The van der Waals surface area contributed by atoms with Crippen LogP contribution < -0.4 is 5.32 Å². The molecule has 1 aromatic heterocycles. The number of aromatic nitrogens is 2. The average molecular weight is 195 g/mol. The highest BCUT2D eigenvalue weighted by atomic mass is 16.4. The van der Waals surface area contributed by atoms with Gasteiger partial charge in [-0.05, 0) is 6.07 Å². The minimum Gasteiger partial charge on any atom is -0.481 e. The van der Waals surface area contributed by atoms with Crippen LogP contribution >= 0.6 is 0 Å². The normalized spacial score (nSPS) is 9.43. The molecule has 1 aromatic rings. The first-order chi connectivity index (χ1) is 6.68. The summed E-state index contributed by atoms with van der Waals surface area (Å²) in [4.78, 5) is 28.6. The second-order valence-electron chi connectivity index (χ2n) is 2.55. The van der Waals surface area contributed by atoms with Gasteiger partial charge in [-0.3, -0.25) is 9.59 Å². The smallest absolute Gasteiger partial charge is 0.312 e. The number of rotatable bonds is 4. The SMILES string of the molecule is O=C(O)CC(=O)NCc1ccncn1. The van der Waals surface area contributed by atoms with E-state index in [0.29, 0.717) is 5.69 Å². The topological polar surface area (TPSA) is 92.2 Å². The summed E-state index contributed by atoms with van der Waals surface area (Å²) < 4.78 is 0. The third-order valence-electron chi connectivity index (χ3n) is 1.42. The van der Waals surface area contributed by atoms with Crippen molar-refractivity contribution in [2.24, 2.45) is 0 Å². The van der Waals surface area contributed by atoms with Gasteiger partial charge in [0.25, 0.3) is 0 Å². The van der Waals surface area contributed by atoms with Gasteiger partial charge in [-0.2, -0.15) is 0 Å². The van der Waals surface area contributed by atoms with E-state index < -0.39 is 18.3 Å². The lowest BCUT2D eigenvalue weighted by molar-refractivity contribution is -0.140. The molecule has 0 atom stereocenters. The predicted molar refractivity (Wildman–Crippen MR) is 46.1 cm³/mol. The Labute approximate surface area is 80.0 Å². The maximum atomic E-state index is 10.9. The highest BCUT2D eigenvalue weighted by Gasteiger charge is 2.06. The van der Waals surface area contributed by atoms with Gasteiger partial charge in [-0.25, -0.2) is 9.97 Å². The van der Waals surface area contributed by atoms with Gasteiger partial charge in [-0.1, -0.05) is 0 Å². The molecule has 1 amide bonds. The Hall–Kier alpha value is -1.98. The molecule has 0 aliphatic carbocycles. The van der Waals surface area contributed by atoms with Crippen LogP contribution in [0.1, 0.15) is 12.1 Å². The second-order valence-corrected chi connectivity index (χ2v) is 2.55. The molecule has 0 aliphatic rings. The molecular formula is C8H9N3O3. The van der Waals surface area contributed by atoms with E-state index in [1.54, 1.807) is 12.3 Å². The summed E-state index contributed by atoms with van der Waals surface area (Å²) in [5, 5.41) is 10.7. The molecule has 0 saturated heterocycles.